The summed E-state index contributed by atoms with van der Waals surface area (Å²) >= 11 is 1.21. The van der Waals surface area contributed by atoms with Crippen molar-refractivity contribution in [3.05, 3.63) is 54.4 Å². The molecular formula is C18H18N4O3S. The van der Waals surface area contributed by atoms with Crippen molar-refractivity contribution < 1.29 is 13.9 Å². The van der Waals surface area contributed by atoms with E-state index in [0.717, 1.165) is 16.9 Å². The highest BCUT2D eigenvalue weighted by Gasteiger charge is 2.19. The monoisotopic (exact) mass is 370 g/mol. The Morgan fingerprint density at radius 2 is 2.12 bits per heavy atom. The molecule has 2 aromatic heterocycles. The van der Waals surface area contributed by atoms with Crippen LogP contribution in [0.1, 0.15) is 12.5 Å². The van der Waals surface area contributed by atoms with E-state index in [9.17, 15) is 4.79 Å². The number of thioether (sulfide) groups is 1. The lowest BCUT2D eigenvalue weighted by molar-refractivity contribution is -0.120. The molecule has 3 aromatic rings. The number of nitrogens with one attached hydrogen (secondary N) is 1. The predicted molar refractivity (Wildman–Crippen MR) is 97.7 cm³/mol. The summed E-state index contributed by atoms with van der Waals surface area (Å²) in [6.45, 7) is 2.18. The second-order valence-electron chi connectivity index (χ2n) is 5.40. The molecule has 0 aliphatic heterocycles. The molecule has 134 valence electrons. The first-order valence-corrected chi connectivity index (χ1v) is 8.85. The summed E-state index contributed by atoms with van der Waals surface area (Å²) in [5.74, 6) is 0.996. The fraction of sp³-hybridized carbons (Fsp3) is 0.222. The van der Waals surface area contributed by atoms with Gasteiger partial charge < -0.3 is 14.5 Å². The number of rotatable bonds is 7. The number of methoxy groups -OCH3 is 1. The fourth-order valence-electron chi connectivity index (χ4n) is 2.24. The van der Waals surface area contributed by atoms with Crippen molar-refractivity contribution in [1.29, 1.82) is 0 Å². The van der Waals surface area contributed by atoms with Gasteiger partial charge in [-0.25, -0.2) is 0 Å². The molecule has 2 heterocycles. The van der Waals surface area contributed by atoms with Gasteiger partial charge in [-0.1, -0.05) is 30.0 Å². The first kappa shape index (κ1) is 17.9. The highest BCUT2D eigenvalue weighted by Crippen LogP contribution is 2.26. The Hall–Kier alpha value is -2.87. The Kier molecular flexibility index (Phi) is 5.85. The Labute approximate surface area is 155 Å². The van der Waals surface area contributed by atoms with Crippen molar-refractivity contribution in [3.63, 3.8) is 0 Å². The zero-order valence-electron chi connectivity index (χ0n) is 14.4. The number of ether oxygens (including phenoxy) is 1. The molecule has 0 fully saturated rings. The topological polar surface area (TPSA) is 90.1 Å². The number of nitrogens with zero attached hydrogens (tertiary/aromatic N) is 3. The highest BCUT2D eigenvalue weighted by molar-refractivity contribution is 8.00. The zero-order chi connectivity index (χ0) is 18.4. The van der Waals surface area contributed by atoms with E-state index in [1.807, 2.05) is 30.3 Å². The number of pyridine rings is 1. The van der Waals surface area contributed by atoms with Crippen LogP contribution in [-0.4, -0.2) is 33.4 Å². The molecular weight excluding hydrogens is 352 g/mol. The van der Waals surface area contributed by atoms with E-state index in [1.54, 1.807) is 32.5 Å². The maximum absolute atomic E-state index is 12.3. The first-order valence-electron chi connectivity index (χ1n) is 7.97. The van der Waals surface area contributed by atoms with Crippen LogP contribution in [0.25, 0.3) is 11.5 Å². The van der Waals surface area contributed by atoms with Crippen LogP contribution in [0.2, 0.25) is 0 Å². The van der Waals surface area contributed by atoms with Crippen molar-refractivity contribution in [3.8, 4) is 17.2 Å². The van der Waals surface area contributed by atoms with Gasteiger partial charge in [-0.15, -0.1) is 10.2 Å². The predicted octanol–water partition coefficient (Wildman–Crippen LogP) is 2.94. The van der Waals surface area contributed by atoms with Crippen molar-refractivity contribution in [1.82, 2.24) is 20.5 Å². The summed E-state index contributed by atoms with van der Waals surface area (Å²) in [4.78, 5) is 16.3. The second kappa shape index (κ2) is 8.48. The molecule has 1 aromatic carbocycles. The Bertz CT molecular complexity index is 870. The molecule has 3 rings (SSSR count). The lowest BCUT2D eigenvalue weighted by atomic mass is 10.2. The van der Waals surface area contributed by atoms with Crippen LogP contribution >= 0.6 is 11.8 Å². The molecule has 1 N–H and O–H groups in total. The molecule has 0 aliphatic rings. The maximum atomic E-state index is 12.3. The summed E-state index contributed by atoms with van der Waals surface area (Å²) in [6, 6.07) is 11.2. The molecule has 0 radical (unpaired) electrons. The summed E-state index contributed by atoms with van der Waals surface area (Å²) in [5, 5.41) is 10.8. The third-order valence-corrected chi connectivity index (χ3v) is 4.54. The van der Waals surface area contributed by atoms with Gasteiger partial charge in [-0.2, -0.15) is 0 Å². The summed E-state index contributed by atoms with van der Waals surface area (Å²) in [7, 11) is 1.61. The Balaban J connectivity index is 1.57. The van der Waals surface area contributed by atoms with Crippen molar-refractivity contribution in [2.45, 2.75) is 23.9 Å². The normalized spacial score (nSPS) is 11.8. The van der Waals surface area contributed by atoms with Crippen LogP contribution in [0.15, 0.2) is 58.4 Å². The van der Waals surface area contributed by atoms with E-state index in [1.165, 1.54) is 11.8 Å². The SMILES string of the molecule is COc1ccccc1CNC(=O)[C@@H](C)Sc1nnc(-c2cccnc2)o1. The molecule has 1 amide bonds. The first-order chi connectivity index (χ1) is 12.7. The molecule has 0 aliphatic carbocycles. The fourth-order valence-corrected chi connectivity index (χ4v) is 2.95. The zero-order valence-corrected chi connectivity index (χ0v) is 15.2. The number of aromatic nitrogens is 3. The quantitative estimate of drug-likeness (QED) is 0.640. The van der Waals surface area contributed by atoms with E-state index in [2.05, 4.69) is 20.5 Å². The van der Waals surface area contributed by atoms with Gasteiger partial charge in [0.15, 0.2) is 0 Å². The lowest BCUT2D eigenvalue weighted by Crippen LogP contribution is -2.30. The van der Waals surface area contributed by atoms with E-state index in [-0.39, 0.29) is 11.2 Å². The third kappa shape index (κ3) is 4.40. The lowest BCUT2D eigenvalue weighted by Gasteiger charge is -2.12. The van der Waals surface area contributed by atoms with Crippen LogP contribution in [-0.2, 0) is 11.3 Å². The maximum Gasteiger partial charge on any atom is 0.277 e. The molecule has 7 nitrogen and oxygen atoms in total. The van der Waals surface area contributed by atoms with Gasteiger partial charge in [-0.3, -0.25) is 9.78 Å². The number of hydrogen-bond donors (Lipinski definition) is 1. The Morgan fingerprint density at radius 3 is 2.88 bits per heavy atom. The van der Waals surface area contributed by atoms with Gasteiger partial charge in [0.25, 0.3) is 5.22 Å². The molecule has 8 heteroatoms. The van der Waals surface area contributed by atoms with E-state index >= 15 is 0 Å². The number of hydrogen-bond acceptors (Lipinski definition) is 7. The van der Waals surface area contributed by atoms with Crippen LogP contribution in [0.4, 0.5) is 0 Å². The minimum atomic E-state index is -0.382. The minimum Gasteiger partial charge on any atom is -0.496 e. The van der Waals surface area contributed by atoms with Crippen molar-refractivity contribution in [2.75, 3.05) is 7.11 Å². The molecule has 0 bridgehead atoms. The summed E-state index contributed by atoms with van der Waals surface area (Å²) in [5.41, 5.74) is 1.65. The van der Waals surface area contributed by atoms with Crippen molar-refractivity contribution >= 4 is 17.7 Å². The van der Waals surface area contributed by atoms with E-state index in [4.69, 9.17) is 9.15 Å². The van der Waals surface area contributed by atoms with Gasteiger partial charge in [0.2, 0.25) is 11.8 Å². The number of carbonyl (C=O) groups is 1. The Morgan fingerprint density at radius 1 is 1.27 bits per heavy atom. The molecule has 1 atom stereocenters. The minimum absolute atomic E-state index is 0.123. The highest BCUT2D eigenvalue weighted by atomic mass is 32.2. The van der Waals surface area contributed by atoms with Gasteiger partial charge in [0.05, 0.1) is 17.9 Å². The smallest absolute Gasteiger partial charge is 0.277 e. The van der Waals surface area contributed by atoms with Crippen molar-refractivity contribution in [2.24, 2.45) is 0 Å². The second-order valence-corrected chi connectivity index (χ2v) is 6.70. The number of benzene rings is 1. The molecule has 0 saturated heterocycles. The average Bonchev–Trinajstić information content (AvgIpc) is 3.15. The van der Waals surface area contributed by atoms with Gasteiger partial charge in [0.1, 0.15) is 5.75 Å². The summed E-state index contributed by atoms with van der Waals surface area (Å²) in [6.07, 6.45) is 3.31. The molecule has 0 spiro atoms. The largest absolute Gasteiger partial charge is 0.496 e. The van der Waals surface area contributed by atoms with Gasteiger partial charge in [-0.05, 0) is 25.1 Å². The van der Waals surface area contributed by atoms with Crippen LogP contribution in [0, 0.1) is 0 Å². The number of amides is 1. The number of carbonyl (C=O) groups excluding carboxylic acids is 1. The van der Waals surface area contributed by atoms with E-state index in [0.29, 0.717) is 17.7 Å². The standard InChI is InChI=1S/C18H18N4O3S/c1-12(16(23)20-11-13-6-3-4-8-15(13)24-2)26-18-22-21-17(25-18)14-7-5-9-19-10-14/h3-10,12H,11H2,1-2H3,(H,20,23)/t12-/m1/s1. The number of para-hydroxylation sites is 1. The average molecular weight is 370 g/mol. The molecule has 26 heavy (non-hydrogen) atoms. The summed E-state index contributed by atoms with van der Waals surface area (Å²) < 4.78 is 10.9. The van der Waals surface area contributed by atoms with Crippen LogP contribution in [0.3, 0.4) is 0 Å². The third-order valence-electron chi connectivity index (χ3n) is 3.61. The molecule has 0 saturated carbocycles. The van der Waals surface area contributed by atoms with Gasteiger partial charge in [0, 0.05) is 24.5 Å². The molecule has 0 unspecified atom stereocenters. The van der Waals surface area contributed by atoms with E-state index < -0.39 is 0 Å². The van der Waals surface area contributed by atoms with Gasteiger partial charge >= 0.3 is 0 Å². The van der Waals surface area contributed by atoms with Crippen LogP contribution < -0.4 is 10.1 Å². The van der Waals surface area contributed by atoms with Crippen LogP contribution in [0.5, 0.6) is 5.75 Å².